The Kier molecular flexibility index (Phi) is 4.06. The molecule has 0 spiro atoms. The van der Waals surface area contributed by atoms with Crippen molar-refractivity contribution in [1.82, 2.24) is 0 Å². The number of hydrogen-bond donors (Lipinski definition) is 1. The molecule has 1 atom stereocenters. The van der Waals surface area contributed by atoms with Gasteiger partial charge in [0.2, 0.25) is 0 Å². The zero-order valence-corrected chi connectivity index (χ0v) is 13.2. The quantitative estimate of drug-likeness (QED) is 0.849. The Morgan fingerprint density at radius 1 is 1.16 bits per heavy atom. The fourth-order valence-electron chi connectivity index (χ4n) is 3.29. The number of aryl methyl sites for hydroxylation is 2. The first-order valence-corrected chi connectivity index (χ1v) is 7.66. The lowest BCUT2D eigenvalue weighted by Crippen LogP contribution is -2.15. The number of nitrogens with two attached hydrogens (primary N) is 1. The summed E-state index contributed by atoms with van der Waals surface area (Å²) in [6.45, 7) is 12.2. The van der Waals surface area contributed by atoms with E-state index < -0.39 is 0 Å². The summed E-state index contributed by atoms with van der Waals surface area (Å²) in [6, 6.07) is 4.79. The molecule has 1 aliphatic rings. The molecule has 0 heterocycles. The third-order valence-corrected chi connectivity index (χ3v) is 4.50. The zero-order valence-electron chi connectivity index (χ0n) is 13.2. The van der Waals surface area contributed by atoms with Gasteiger partial charge in [-0.3, -0.25) is 0 Å². The van der Waals surface area contributed by atoms with Crippen molar-refractivity contribution in [3.63, 3.8) is 0 Å². The van der Waals surface area contributed by atoms with E-state index in [2.05, 4.69) is 46.8 Å². The van der Waals surface area contributed by atoms with Gasteiger partial charge in [0, 0.05) is 0 Å². The van der Waals surface area contributed by atoms with Crippen LogP contribution in [0.15, 0.2) is 12.1 Å². The Hall–Kier alpha value is -0.820. The van der Waals surface area contributed by atoms with Gasteiger partial charge in [0.05, 0.1) is 0 Å². The summed E-state index contributed by atoms with van der Waals surface area (Å²) in [7, 11) is 0. The smallest absolute Gasteiger partial charge is 0.00713 e. The van der Waals surface area contributed by atoms with Gasteiger partial charge >= 0.3 is 0 Å². The van der Waals surface area contributed by atoms with Crippen molar-refractivity contribution >= 4 is 0 Å². The molecule has 1 heteroatoms. The molecule has 1 unspecified atom stereocenters. The van der Waals surface area contributed by atoms with Crippen LogP contribution in [-0.2, 0) is 5.41 Å². The molecule has 2 N–H and O–H groups in total. The first-order valence-electron chi connectivity index (χ1n) is 7.66. The highest BCUT2D eigenvalue weighted by molar-refractivity contribution is 5.43. The van der Waals surface area contributed by atoms with Crippen molar-refractivity contribution < 1.29 is 0 Å². The van der Waals surface area contributed by atoms with Crippen LogP contribution in [-0.4, -0.2) is 6.54 Å². The molecule has 1 aromatic carbocycles. The second-order valence-electron chi connectivity index (χ2n) is 7.29. The van der Waals surface area contributed by atoms with E-state index in [9.17, 15) is 0 Å². The van der Waals surface area contributed by atoms with E-state index in [1.54, 1.807) is 5.56 Å². The van der Waals surface area contributed by atoms with Crippen LogP contribution in [0.3, 0.4) is 0 Å². The summed E-state index contributed by atoms with van der Waals surface area (Å²) in [5.74, 6) is 1.58. The number of benzene rings is 1. The molecule has 19 heavy (non-hydrogen) atoms. The summed E-state index contributed by atoms with van der Waals surface area (Å²) >= 11 is 0. The van der Waals surface area contributed by atoms with Gasteiger partial charge in [-0.15, -0.1) is 0 Å². The van der Waals surface area contributed by atoms with Gasteiger partial charge in [-0.1, -0.05) is 32.9 Å². The van der Waals surface area contributed by atoms with Crippen LogP contribution in [0.5, 0.6) is 0 Å². The summed E-state index contributed by atoms with van der Waals surface area (Å²) < 4.78 is 0. The molecule has 1 nitrogen and oxygen atoms in total. The molecular weight excluding hydrogens is 230 g/mol. The van der Waals surface area contributed by atoms with E-state index in [-0.39, 0.29) is 5.41 Å². The average Bonchev–Trinajstić information content (AvgIpc) is 3.09. The molecule has 0 radical (unpaired) electrons. The molecule has 0 aliphatic heterocycles. The minimum Gasteiger partial charge on any atom is -0.330 e. The molecule has 0 bridgehead atoms. The maximum absolute atomic E-state index is 5.83. The Bertz CT molecular complexity index is 426. The van der Waals surface area contributed by atoms with Crippen LogP contribution in [0.1, 0.15) is 68.2 Å². The lowest BCUT2D eigenvalue weighted by molar-refractivity contribution is 0.555. The fraction of sp³-hybridized carbons (Fsp3) is 0.667. The van der Waals surface area contributed by atoms with Crippen molar-refractivity contribution in [2.75, 3.05) is 6.54 Å². The first kappa shape index (κ1) is 14.6. The average molecular weight is 259 g/mol. The van der Waals surface area contributed by atoms with E-state index in [0.717, 1.165) is 18.9 Å². The van der Waals surface area contributed by atoms with Crippen LogP contribution < -0.4 is 5.73 Å². The van der Waals surface area contributed by atoms with Gasteiger partial charge in [-0.05, 0) is 79.2 Å². The summed E-state index contributed by atoms with van der Waals surface area (Å²) in [5.41, 5.74) is 12.0. The van der Waals surface area contributed by atoms with Crippen LogP contribution >= 0.6 is 0 Å². The predicted octanol–water partition coefficient (Wildman–Crippen LogP) is 4.44. The standard InChI is InChI=1S/C18H29N/c1-12-10-15(18(3,4)5)11-13(2)17(12)16(8-9-19)14-6-7-14/h10-11,14,16H,6-9,19H2,1-5H3. The SMILES string of the molecule is Cc1cc(C(C)(C)C)cc(C)c1C(CCN)C1CC1. The van der Waals surface area contributed by atoms with Crippen LogP contribution in [0.4, 0.5) is 0 Å². The number of hydrogen-bond acceptors (Lipinski definition) is 1. The fourth-order valence-corrected chi connectivity index (χ4v) is 3.29. The van der Waals surface area contributed by atoms with Gasteiger partial charge in [-0.25, -0.2) is 0 Å². The van der Waals surface area contributed by atoms with Crippen molar-refractivity contribution in [3.05, 3.63) is 34.4 Å². The summed E-state index contributed by atoms with van der Waals surface area (Å²) in [5, 5.41) is 0. The second kappa shape index (κ2) is 5.28. The van der Waals surface area contributed by atoms with E-state index in [1.807, 2.05) is 0 Å². The van der Waals surface area contributed by atoms with Gasteiger partial charge in [0.25, 0.3) is 0 Å². The van der Waals surface area contributed by atoms with Crippen LogP contribution in [0.25, 0.3) is 0 Å². The maximum Gasteiger partial charge on any atom is -0.00713 e. The Balaban J connectivity index is 2.40. The molecule has 1 saturated carbocycles. The van der Waals surface area contributed by atoms with Crippen LogP contribution in [0, 0.1) is 19.8 Å². The monoisotopic (exact) mass is 259 g/mol. The van der Waals surface area contributed by atoms with Crippen molar-refractivity contribution in [2.45, 2.75) is 65.2 Å². The van der Waals surface area contributed by atoms with Gasteiger partial charge in [-0.2, -0.15) is 0 Å². The molecule has 0 amide bonds. The van der Waals surface area contributed by atoms with E-state index in [1.165, 1.54) is 29.5 Å². The lowest BCUT2D eigenvalue weighted by atomic mass is 9.79. The normalized spacial score (nSPS) is 17.6. The Labute approximate surface area is 118 Å². The topological polar surface area (TPSA) is 26.0 Å². The third-order valence-electron chi connectivity index (χ3n) is 4.50. The van der Waals surface area contributed by atoms with E-state index in [4.69, 9.17) is 5.73 Å². The second-order valence-corrected chi connectivity index (χ2v) is 7.29. The summed E-state index contributed by atoms with van der Waals surface area (Å²) in [6.07, 6.45) is 3.93. The summed E-state index contributed by atoms with van der Waals surface area (Å²) in [4.78, 5) is 0. The Morgan fingerprint density at radius 2 is 1.68 bits per heavy atom. The van der Waals surface area contributed by atoms with E-state index >= 15 is 0 Å². The lowest BCUT2D eigenvalue weighted by Gasteiger charge is -2.26. The maximum atomic E-state index is 5.83. The van der Waals surface area contributed by atoms with Gasteiger partial charge in [0.1, 0.15) is 0 Å². The van der Waals surface area contributed by atoms with Gasteiger partial charge in [0.15, 0.2) is 0 Å². The molecule has 1 aromatic rings. The Morgan fingerprint density at radius 3 is 2.05 bits per heavy atom. The van der Waals surface area contributed by atoms with Crippen molar-refractivity contribution in [1.29, 1.82) is 0 Å². The van der Waals surface area contributed by atoms with Gasteiger partial charge < -0.3 is 5.73 Å². The molecule has 1 aliphatic carbocycles. The molecule has 1 fully saturated rings. The van der Waals surface area contributed by atoms with E-state index in [0.29, 0.717) is 5.92 Å². The highest BCUT2D eigenvalue weighted by Crippen LogP contribution is 2.46. The first-order chi connectivity index (χ1) is 8.84. The minimum absolute atomic E-state index is 0.233. The highest BCUT2D eigenvalue weighted by atomic mass is 14.5. The van der Waals surface area contributed by atoms with Crippen molar-refractivity contribution in [2.24, 2.45) is 11.7 Å². The molecule has 0 saturated heterocycles. The minimum atomic E-state index is 0.233. The van der Waals surface area contributed by atoms with Crippen molar-refractivity contribution in [3.8, 4) is 0 Å². The predicted molar refractivity (Wildman–Crippen MR) is 83.8 cm³/mol. The van der Waals surface area contributed by atoms with Crippen LogP contribution in [0.2, 0.25) is 0 Å². The molecular formula is C18H29N. The number of rotatable bonds is 4. The largest absolute Gasteiger partial charge is 0.330 e. The zero-order chi connectivity index (χ0) is 14.2. The molecule has 2 rings (SSSR count). The third kappa shape index (κ3) is 3.20. The molecule has 106 valence electrons. The molecule has 0 aromatic heterocycles. The highest BCUT2D eigenvalue weighted by Gasteiger charge is 2.33.